The van der Waals surface area contributed by atoms with Crippen LogP contribution in [0.3, 0.4) is 0 Å². The predicted octanol–water partition coefficient (Wildman–Crippen LogP) is 2.76. The van der Waals surface area contributed by atoms with Crippen LogP contribution in [0.1, 0.15) is 19.2 Å². The molecular formula is C21H24N6O3S. The standard InChI is InChI=1S/C21H24N6O3S/c1-13-11-30-7-6-26(13)21-20-19(27(12-24-20)14(2)31(3,28)29)8-17(25-21)16-9-22-10-18-15(16)4-5-23-18/h4-5,8-10,12-14,23H,6-7,11H2,1-3H3/t13-,14?/m1/s1. The van der Waals surface area contributed by atoms with Crippen LogP contribution >= 0.6 is 0 Å². The second-order valence-corrected chi connectivity index (χ2v) is 10.4. The Morgan fingerprint density at radius 2 is 2.16 bits per heavy atom. The van der Waals surface area contributed by atoms with Gasteiger partial charge in [-0.2, -0.15) is 0 Å². The lowest BCUT2D eigenvalue weighted by molar-refractivity contribution is 0.0987. The fourth-order valence-electron chi connectivity index (χ4n) is 4.07. The summed E-state index contributed by atoms with van der Waals surface area (Å²) in [7, 11) is -3.32. The number of morpholine rings is 1. The molecule has 0 aromatic carbocycles. The van der Waals surface area contributed by atoms with E-state index in [0.29, 0.717) is 25.3 Å². The number of fused-ring (bicyclic) bond motifs is 2. The molecule has 1 N–H and O–H groups in total. The number of H-pyrrole nitrogens is 1. The zero-order valence-corrected chi connectivity index (χ0v) is 18.4. The smallest absolute Gasteiger partial charge is 0.168 e. The van der Waals surface area contributed by atoms with E-state index in [1.54, 1.807) is 30.2 Å². The van der Waals surface area contributed by atoms with Gasteiger partial charge < -0.3 is 19.2 Å². The summed E-state index contributed by atoms with van der Waals surface area (Å²) in [5, 5.41) is 0.258. The molecule has 5 rings (SSSR count). The van der Waals surface area contributed by atoms with Crippen LogP contribution in [0.2, 0.25) is 0 Å². The summed E-state index contributed by atoms with van der Waals surface area (Å²) in [5.41, 5.74) is 3.92. The van der Waals surface area contributed by atoms with E-state index >= 15 is 0 Å². The second kappa shape index (κ2) is 7.31. The number of aromatic amines is 1. The lowest BCUT2D eigenvalue weighted by atomic mass is 10.1. The zero-order chi connectivity index (χ0) is 21.8. The number of hydrogen-bond donors (Lipinski definition) is 1. The fourth-order valence-corrected chi connectivity index (χ4v) is 4.66. The molecule has 2 atom stereocenters. The van der Waals surface area contributed by atoms with Gasteiger partial charge in [-0.05, 0) is 26.0 Å². The van der Waals surface area contributed by atoms with Crippen molar-refractivity contribution in [2.45, 2.75) is 25.3 Å². The lowest BCUT2D eigenvalue weighted by Crippen LogP contribution is -2.44. The molecule has 9 nitrogen and oxygen atoms in total. The van der Waals surface area contributed by atoms with Crippen molar-refractivity contribution in [1.29, 1.82) is 0 Å². The van der Waals surface area contributed by atoms with Gasteiger partial charge in [0.05, 0.1) is 48.5 Å². The molecule has 31 heavy (non-hydrogen) atoms. The number of ether oxygens (including phenoxy) is 1. The highest BCUT2D eigenvalue weighted by Gasteiger charge is 2.27. The monoisotopic (exact) mass is 440 g/mol. The van der Waals surface area contributed by atoms with Gasteiger partial charge in [0.2, 0.25) is 0 Å². The molecule has 162 valence electrons. The molecule has 5 heterocycles. The summed E-state index contributed by atoms with van der Waals surface area (Å²) < 4.78 is 31.9. The van der Waals surface area contributed by atoms with E-state index in [1.165, 1.54) is 6.26 Å². The molecule has 1 aliphatic rings. The van der Waals surface area contributed by atoms with Gasteiger partial charge in [0.1, 0.15) is 10.9 Å². The number of imidazole rings is 1. The van der Waals surface area contributed by atoms with Crippen molar-refractivity contribution >= 4 is 37.6 Å². The third-order valence-corrected chi connectivity index (χ3v) is 7.41. The molecule has 0 radical (unpaired) electrons. The topological polar surface area (TPSA) is 106 Å². The molecule has 0 aliphatic carbocycles. The Kier molecular flexibility index (Phi) is 4.71. The first-order chi connectivity index (χ1) is 14.8. The van der Waals surface area contributed by atoms with E-state index in [1.807, 2.05) is 18.3 Å². The van der Waals surface area contributed by atoms with Gasteiger partial charge in [-0.15, -0.1) is 0 Å². The molecule has 1 aliphatic heterocycles. The van der Waals surface area contributed by atoms with Gasteiger partial charge >= 0.3 is 0 Å². The Labute approximate surface area is 180 Å². The predicted molar refractivity (Wildman–Crippen MR) is 120 cm³/mol. The van der Waals surface area contributed by atoms with Crippen molar-refractivity contribution in [3.05, 3.63) is 37.1 Å². The normalized spacial score (nSPS) is 18.7. The molecule has 1 saturated heterocycles. The number of nitrogens with zero attached hydrogens (tertiary/aromatic N) is 5. The number of sulfone groups is 1. The molecular weight excluding hydrogens is 416 g/mol. The number of anilines is 1. The number of hydrogen-bond acceptors (Lipinski definition) is 7. The minimum absolute atomic E-state index is 0.123. The summed E-state index contributed by atoms with van der Waals surface area (Å²) in [6.45, 7) is 5.65. The van der Waals surface area contributed by atoms with Gasteiger partial charge in [-0.25, -0.2) is 18.4 Å². The fraction of sp³-hybridized carbons (Fsp3) is 0.381. The Hall–Kier alpha value is -2.98. The van der Waals surface area contributed by atoms with Crippen LogP contribution in [0.5, 0.6) is 0 Å². The summed E-state index contributed by atoms with van der Waals surface area (Å²) in [5.74, 6) is 0.732. The van der Waals surface area contributed by atoms with Crippen LogP contribution in [-0.4, -0.2) is 65.0 Å². The minimum Gasteiger partial charge on any atom is -0.377 e. The molecule has 1 unspecified atom stereocenters. The Balaban J connectivity index is 1.79. The third kappa shape index (κ3) is 3.35. The first-order valence-electron chi connectivity index (χ1n) is 10.2. The highest BCUT2D eigenvalue weighted by molar-refractivity contribution is 7.90. The maximum Gasteiger partial charge on any atom is 0.168 e. The van der Waals surface area contributed by atoms with E-state index in [0.717, 1.165) is 33.5 Å². The average molecular weight is 441 g/mol. The Morgan fingerprint density at radius 3 is 2.94 bits per heavy atom. The number of rotatable bonds is 4. The van der Waals surface area contributed by atoms with Crippen LogP contribution in [0, 0.1) is 0 Å². The van der Waals surface area contributed by atoms with Crippen LogP contribution < -0.4 is 4.90 Å². The third-order valence-electron chi connectivity index (χ3n) is 5.95. The maximum absolute atomic E-state index is 12.3. The highest BCUT2D eigenvalue weighted by Crippen LogP contribution is 2.35. The van der Waals surface area contributed by atoms with E-state index in [9.17, 15) is 8.42 Å². The zero-order valence-electron chi connectivity index (χ0n) is 17.6. The van der Waals surface area contributed by atoms with Gasteiger partial charge in [0.15, 0.2) is 15.7 Å². The molecule has 0 spiro atoms. The SMILES string of the molecule is CC(n1cnc2c(N3CCOC[C@H]3C)nc(-c3cncc4[nH]ccc34)cc21)S(C)(=O)=O. The van der Waals surface area contributed by atoms with Crippen LogP contribution in [-0.2, 0) is 14.6 Å². The first kappa shape index (κ1) is 20.0. The number of aromatic nitrogens is 5. The van der Waals surface area contributed by atoms with E-state index in [4.69, 9.17) is 9.72 Å². The quantitative estimate of drug-likeness (QED) is 0.520. The van der Waals surface area contributed by atoms with Gasteiger partial charge in [-0.3, -0.25) is 4.98 Å². The molecule has 0 bridgehead atoms. The van der Waals surface area contributed by atoms with Crippen LogP contribution in [0.4, 0.5) is 5.82 Å². The Morgan fingerprint density at radius 1 is 1.32 bits per heavy atom. The second-order valence-electron chi connectivity index (χ2n) is 8.02. The number of pyridine rings is 2. The van der Waals surface area contributed by atoms with E-state index < -0.39 is 15.2 Å². The molecule has 1 fully saturated rings. The van der Waals surface area contributed by atoms with Crippen molar-refractivity contribution in [2.75, 3.05) is 30.9 Å². The van der Waals surface area contributed by atoms with Crippen molar-refractivity contribution in [3.8, 4) is 11.3 Å². The molecule has 4 aromatic heterocycles. The molecule has 0 amide bonds. The Bertz CT molecular complexity index is 1380. The largest absolute Gasteiger partial charge is 0.377 e. The van der Waals surface area contributed by atoms with Gasteiger partial charge in [0.25, 0.3) is 0 Å². The molecule has 0 saturated carbocycles. The summed E-state index contributed by atoms with van der Waals surface area (Å²) in [4.78, 5) is 19.3. The summed E-state index contributed by atoms with van der Waals surface area (Å²) in [6, 6.07) is 4.02. The van der Waals surface area contributed by atoms with Crippen molar-refractivity contribution < 1.29 is 13.2 Å². The average Bonchev–Trinajstić information content (AvgIpc) is 3.39. The highest BCUT2D eigenvalue weighted by atomic mass is 32.2. The van der Waals surface area contributed by atoms with Gasteiger partial charge in [-0.1, -0.05) is 0 Å². The van der Waals surface area contributed by atoms with Crippen LogP contribution in [0.15, 0.2) is 37.1 Å². The molecule has 10 heteroatoms. The first-order valence-corrected chi connectivity index (χ1v) is 12.1. The minimum atomic E-state index is -3.32. The maximum atomic E-state index is 12.3. The molecule has 4 aromatic rings. The van der Waals surface area contributed by atoms with Crippen molar-refractivity contribution in [3.63, 3.8) is 0 Å². The van der Waals surface area contributed by atoms with Crippen molar-refractivity contribution in [1.82, 2.24) is 24.5 Å². The van der Waals surface area contributed by atoms with E-state index in [-0.39, 0.29) is 6.04 Å². The number of nitrogens with one attached hydrogen (secondary N) is 1. The van der Waals surface area contributed by atoms with Gasteiger partial charge in [0, 0.05) is 36.1 Å². The van der Waals surface area contributed by atoms with E-state index in [2.05, 4.69) is 26.8 Å². The summed E-state index contributed by atoms with van der Waals surface area (Å²) in [6.07, 6.45) is 8.26. The van der Waals surface area contributed by atoms with Crippen molar-refractivity contribution in [2.24, 2.45) is 0 Å². The van der Waals surface area contributed by atoms with Crippen LogP contribution in [0.25, 0.3) is 33.2 Å². The lowest BCUT2D eigenvalue weighted by Gasteiger charge is -2.34. The summed E-state index contributed by atoms with van der Waals surface area (Å²) >= 11 is 0.